The van der Waals surface area contributed by atoms with E-state index in [4.69, 9.17) is 9.84 Å². The maximum atomic E-state index is 11.9. The molecule has 0 radical (unpaired) electrons. The lowest BCUT2D eigenvalue weighted by molar-refractivity contribution is -0.139. The molecule has 0 aliphatic heterocycles. The Bertz CT molecular complexity index is 814. The van der Waals surface area contributed by atoms with Gasteiger partial charge in [-0.1, -0.05) is 42.5 Å². The SMILES string of the molecule is O=C(O)COc1ccc(CCNS(=O)(=O)C=Cc2ccccc2)cc1. The van der Waals surface area contributed by atoms with E-state index in [0.29, 0.717) is 12.2 Å². The summed E-state index contributed by atoms with van der Waals surface area (Å²) in [4.78, 5) is 10.4. The van der Waals surface area contributed by atoms with E-state index in [1.165, 1.54) is 6.08 Å². The molecular weight excluding hydrogens is 342 g/mol. The van der Waals surface area contributed by atoms with Crippen molar-refractivity contribution in [3.63, 3.8) is 0 Å². The number of carbonyl (C=O) groups is 1. The van der Waals surface area contributed by atoms with E-state index < -0.39 is 22.6 Å². The van der Waals surface area contributed by atoms with Crippen molar-refractivity contribution in [1.29, 1.82) is 0 Å². The third-order valence-electron chi connectivity index (χ3n) is 3.24. The summed E-state index contributed by atoms with van der Waals surface area (Å²) in [6.45, 7) is -0.135. The monoisotopic (exact) mass is 361 g/mol. The second-order valence-corrected chi connectivity index (χ2v) is 6.88. The summed E-state index contributed by atoms with van der Waals surface area (Å²) in [5, 5.41) is 9.69. The molecule has 0 aromatic heterocycles. The van der Waals surface area contributed by atoms with Crippen LogP contribution in [0.25, 0.3) is 6.08 Å². The quantitative estimate of drug-likeness (QED) is 0.715. The van der Waals surface area contributed by atoms with Gasteiger partial charge < -0.3 is 9.84 Å². The summed E-state index contributed by atoms with van der Waals surface area (Å²) in [6, 6.07) is 16.0. The molecule has 2 N–H and O–H groups in total. The van der Waals surface area contributed by atoms with Gasteiger partial charge in [0.15, 0.2) is 6.61 Å². The molecule has 0 saturated carbocycles. The summed E-state index contributed by atoms with van der Waals surface area (Å²) in [7, 11) is -3.50. The van der Waals surface area contributed by atoms with Crippen molar-refractivity contribution in [2.24, 2.45) is 0 Å². The molecule has 25 heavy (non-hydrogen) atoms. The minimum absolute atomic E-state index is 0.261. The molecule has 0 saturated heterocycles. The lowest BCUT2D eigenvalue weighted by atomic mass is 10.1. The topological polar surface area (TPSA) is 92.7 Å². The number of carboxylic acids is 1. The Balaban J connectivity index is 1.81. The Morgan fingerprint density at radius 3 is 2.40 bits per heavy atom. The molecule has 0 aliphatic carbocycles. The third kappa shape index (κ3) is 7.19. The molecule has 0 unspecified atom stereocenters. The number of sulfonamides is 1. The molecule has 0 amide bonds. The number of rotatable bonds is 9. The second-order valence-electron chi connectivity index (χ2n) is 5.23. The molecule has 0 aliphatic rings. The van der Waals surface area contributed by atoms with Crippen molar-refractivity contribution >= 4 is 22.1 Å². The number of ether oxygens (including phenoxy) is 1. The normalized spacial score (nSPS) is 11.5. The average Bonchev–Trinajstić information content (AvgIpc) is 2.60. The van der Waals surface area contributed by atoms with Crippen molar-refractivity contribution < 1.29 is 23.1 Å². The number of hydrogen-bond acceptors (Lipinski definition) is 4. The highest BCUT2D eigenvalue weighted by Crippen LogP contribution is 2.12. The molecule has 2 aromatic rings. The van der Waals surface area contributed by atoms with Gasteiger partial charge in [-0.05, 0) is 35.8 Å². The van der Waals surface area contributed by atoms with Crippen LogP contribution in [0.4, 0.5) is 0 Å². The summed E-state index contributed by atoms with van der Waals surface area (Å²) < 4.78 is 31.4. The molecule has 0 fully saturated rings. The van der Waals surface area contributed by atoms with E-state index in [9.17, 15) is 13.2 Å². The van der Waals surface area contributed by atoms with Gasteiger partial charge in [0.25, 0.3) is 0 Å². The molecule has 7 heteroatoms. The fourth-order valence-electron chi connectivity index (χ4n) is 2.02. The van der Waals surface area contributed by atoms with E-state index in [1.807, 2.05) is 30.3 Å². The zero-order chi connectivity index (χ0) is 18.1. The minimum atomic E-state index is -3.50. The summed E-state index contributed by atoms with van der Waals surface area (Å²) >= 11 is 0. The first-order valence-electron chi connectivity index (χ1n) is 7.61. The van der Waals surface area contributed by atoms with E-state index in [1.54, 1.807) is 24.3 Å². The first-order valence-corrected chi connectivity index (χ1v) is 9.15. The number of benzene rings is 2. The summed E-state index contributed by atoms with van der Waals surface area (Å²) in [6.07, 6.45) is 2.05. The van der Waals surface area contributed by atoms with E-state index >= 15 is 0 Å². The summed E-state index contributed by atoms with van der Waals surface area (Å²) in [5.41, 5.74) is 1.72. The molecule has 0 atom stereocenters. The number of nitrogens with one attached hydrogen (secondary N) is 1. The zero-order valence-electron chi connectivity index (χ0n) is 13.5. The van der Waals surface area contributed by atoms with Crippen LogP contribution in [0.5, 0.6) is 5.75 Å². The lowest BCUT2D eigenvalue weighted by Gasteiger charge is -2.06. The van der Waals surface area contributed by atoms with Gasteiger partial charge in [0.1, 0.15) is 5.75 Å². The van der Waals surface area contributed by atoms with Crippen molar-refractivity contribution in [1.82, 2.24) is 4.72 Å². The highest BCUT2D eigenvalue weighted by atomic mass is 32.2. The second kappa shape index (κ2) is 9.00. The van der Waals surface area contributed by atoms with Crippen LogP contribution < -0.4 is 9.46 Å². The van der Waals surface area contributed by atoms with Crippen LogP contribution in [0, 0.1) is 0 Å². The largest absolute Gasteiger partial charge is 0.482 e. The molecule has 2 aromatic carbocycles. The number of aliphatic carboxylic acids is 1. The van der Waals surface area contributed by atoms with E-state index in [2.05, 4.69) is 4.72 Å². The number of carboxylic acid groups (broad SMARTS) is 1. The van der Waals surface area contributed by atoms with Gasteiger partial charge in [0.05, 0.1) is 0 Å². The average molecular weight is 361 g/mol. The van der Waals surface area contributed by atoms with Crippen molar-refractivity contribution in [3.8, 4) is 5.75 Å². The third-order valence-corrected chi connectivity index (χ3v) is 4.34. The molecule has 132 valence electrons. The first kappa shape index (κ1) is 18.7. The fourth-order valence-corrected chi connectivity index (χ4v) is 2.83. The van der Waals surface area contributed by atoms with Crippen molar-refractivity contribution in [2.75, 3.05) is 13.2 Å². The van der Waals surface area contributed by atoms with Crippen LogP contribution in [0.3, 0.4) is 0 Å². The van der Waals surface area contributed by atoms with Crippen LogP contribution >= 0.6 is 0 Å². The molecule has 0 heterocycles. The molecule has 6 nitrogen and oxygen atoms in total. The Labute approximate surface area is 146 Å². The maximum absolute atomic E-state index is 11.9. The van der Waals surface area contributed by atoms with Gasteiger partial charge in [0.2, 0.25) is 10.0 Å². The highest BCUT2D eigenvalue weighted by molar-refractivity contribution is 7.92. The van der Waals surface area contributed by atoms with Gasteiger partial charge in [-0.25, -0.2) is 17.9 Å². The predicted molar refractivity (Wildman–Crippen MR) is 95.7 cm³/mol. The van der Waals surface area contributed by atoms with Crippen molar-refractivity contribution in [2.45, 2.75) is 6.42 Å². The highest BCUT2D eigenvalue weighted by Gasteiger charge is 2.05. The van der Waals surface area contributed by atoms with E-state index in [0.717, 1.165) is 16.5 Å². The van der Waals surface area contributed by atoms with E-state index in [-0.39, 0.29) is 6.54 Å². The predicted octanol–water partition coefficient (Wildman–Crippen LogP) is 2.28. The van der Waals surface area contributed by atoms with Crippen LogP contribution in [0.15, 0.2) is 60.0 Å². The number of hydrogen-bond donors (Lipinski definition) is 2. The van der Waals surface area contributed by atoms with Gasteiger partial charge in [-0.15, -0.1) is 0 Å². The van der Waals surface area contributed by atoms with Gasteiger partial charge in [0, 0.05) is 12.0 Å². The van der Waals surface area contributed by atoms with Crippen LogP contribution in [-0.2, 0) is 21.2 Å². The Morgan fingerprint density at radius 1 is 1.08 bits per heavy atom. The van der Waals surface area contributed by atoms with Crippen molar-refractivity contribution in [3.05, 3.63) is 71.1 Å². The smallest absolute Gasteiger partial charge is 0.341 e. The van der Waals surface area contributed by atoms with Crippen LogP contribution in [-0.4, -0.2) is 32.6 Å². The molecule has 0 spiro atoms. The van der Waals surface area contributed by atoms with Gasteiger partial charge >= 0.3 is 5.97 Å². The Hall–Kier alpha value is -2.64. The van der Waals surface area contributed by atoms with Gasteiger partial charge in [-0.2, -0.15) is 0 Å². The summed E-state index contributed by atoms with van der Waals surface area (Å²) in [5.74, 6) is -0.584. The maximum Gasteiger partial charge on any atom is 0.341 e. The molecule has 0 bridgehead atoms. The zero-order valence-corrected chi connectivity index (χ0v) is 14.3. The van der Waals surface area contributed by atoms with Crippen LogP contribution in [0.1, 0.15) is 11.1 Å². The Kier molecular flexibility index (Phi) is 6.73. The standard InChI is InChI=1S/C18H19NO5S/c20-18(21)14-24-17-8-6-16(7-9-17)10-12-19-25(22,23)13-11-15-4-2-1-3-5-15/h1-9,11,13,19H,10,12,14H2,(H,20,21). The molecular formula is C18H19NO5S. The lowest BCUT2D eigenvalue weighted by Crippen LogP contribution is -2.23. The fraction of sp³-hybridized carbons (Fsp3) is 0.167. The molecule has 2 rings (SSSR count). The van der Waals surface area contributed by atoms with Gasteiger partial charge in [-0.3, -0.25) is 0 Å². The van der Waals surface area contributed by atoms with Crippen LogP contribution in [0.2, 0.25) is 0 Å². The minimum Gasteiger partial charge on any atom is -0.482 e. The Morgan fingerprint density at radius 2 is 1.76 bits per heavy atom. The first-order chi connectivity index (χ1) is 11.9.